The number of hydrogen-bond donors (Lipinski definition) is 0. The van der Waals surface area contributed by atoms with Crippen molar-refractivity contribution < 1.29 is 0 Å². The fourth-order valence-electron chi connectivity index (χ4n) is 7.72. The predicted octanol–water partition coefficient (Wildman–Crippen LogP) is 11.5. The fourth-order valence-corrected chi connectivity index (χ4v) is 7.72. The molecule has 10 aromatic rings. The molecule has 5 heteroatoms. The average molecular weight is 664 g/mol. The van der Waals surface area contributed by atoms with Gasteiger partial charge in [0.1, 0.15) is 11.6 Å². The lowest BCUT2D eigenvalue weighted by atomic mass is 9.96. The highest BCUT2D eigenvalue weighted by Gasteiger charge is 2.24. The van der Waals surface area contributed by atoms with Gasteiger partial charge < -0.3 is 9.13 Å². The smallest absolute Gasteiger partial charge is 0.160 e. The van der Waals surface area contributed by atoms with Gasteiger partial charge in [0.15, 0.2) is 5.82 Å². The van der Waals surface area contributed by atoms with Crippen molar-refractivity contribution in [1.82, 2.24) is 19.1 Å². The molecular weight excluding hydrogens is 635 g/mol. The van der Waals surface area contributed by atoms with E-state index in [9.17, 15) is 5.26 Å². The van der Waals surface area contributed by atoms with Crippen LogP contribution in [0.2, 0.25) is 0 Å². The van der Waals surface area contributed by atoms with Crippen LogP contribution in [0.25, 0.3) is 88.9 Å². The highest BCUT2D eigenvalue weighted by Crippen LogP contribution is 2.44. The minimum Gasteiger partial charge on any atom is -0.309 e. The molecule has 52 heavy (non-hydrogen) atoms. The molecule has 0 aliphatic carbocycles. The summed E-state index contributed by atoms with van der Waals surface area (Å²) in [5.74, 6) is 0.573. The van der Waals surface area contributed by atoms with Gasteiger partial charge in [-0.05, 0) is 48.5 Å². The average Bonchev–Trinajstić information content (AvgIpc) is 3.72. The molecule has 3 aromatic heterocycles. The van der Waals surface area contributed by atoms with Crippen molar-refractivity contribution >= 4 is 43.6 Å². The molecule has 0 saturated carbocycles. The van der Waals surface area contributed by atoms with Crippen molar-refractivity contribution in [2.24, 2.45) is 0 Å². The summed E-state index contributed by atoms with van der Waals surface area (Å²) in [6.45, 7) is 0. The number of aromatic nitrogens is 4. The van der Waals surface area contributed by atoms with E-state index < -0.39 is 0 Å². The van der Waals surface area contributed by atoms with Gasteiger partial charge in [-0.1, -0.05) is 127 Å². The maximum atomic E-state index is 10.9. The zero-order valence-corrected chi connectivity index (χ0v) is 28.0. The third kappa shape index (κ3) is 4.56. The molecule has 242 valence electrons. The molecule has 0 aliphatic heterocycles. The van der Waals surface area contributed by atoms with Crippen LogP contribution in [0, 0.1) is 11.3 Å². The first-order valence-electron chi connectivity index (χ1n) is 17.3. The van der Waals surface area contributed by atoms with E-state index in [0.29, 0.717) is 22.8 Å². The van der Waals surface area contributed by atoms with Gasteiger partial charge in [0.2, 0.25) is 0 Å². The van der Waals surface area contributed by atoms with Crippen LogP contribution >= 0.6 is 0 Å². The van der Waals surface area contributed by atoms with Gasteiger partial charge in [-0.2, -0.15) is 5.26 Å². The van der Waals surface area contributed by atoms with Gasteiger partial charge in [-0.15, -0.1) is 0 Å². The van der Waals surface area contributed by atoms with Crippen LogP contribution in [0.5, 0.6) is 0 Å². The van der Waals surface area contributed by atoms with Gasteiger partial charge in [-0.25, -0.2) is 9.97 Å². The zero-order valence-electron chi connectivity index (χ0n) is 28.0. The molecule has 0 amide bonds. The molecule has 7 aromatic carbocycles. The van der Waals surface area contributed by atoms with Crippen LogP contribution in [-0.2, 0) is 0 Å². The minimum absolute atomic E-state index is 0.443. The SMILES string of the molecule is N#Cc1c(-c2ccccc2)nc(-c2ccccc2)nc1-c1cccc2c1c1cc3c(cc1n2-c1ccccc1)c1ccccc1n3-c1ccccc1. The Balaban J connectivity index is 1.38. The molecule has 3 heterocycles. The van der Waals surface area contributed by atoms with Crippen LogP contribution in [0.1, 0.15) is 5.56 Å². The second kappa shape index (κ2) is 11.9. The molecule has 0 atom stereocenters. The Labute approximate surface area is 299 Å². The van der Waals surface area contributed by atoms with Crippen molar-refractivity contribution in [1.29, 1.82) is 5.26 Å². The van der Waals surface area contributed by atoms with Crippen LogP contribution in [0.3, 0.4) is 0 Å². The summed E-state index contributed by atoms with van der Waals surface area (Å²) in [5.41, 5.74) is 10.8. The van der Waals surface area contributed by atoms with E-state index in [4.69, 9.17) is 9.97 Å². The summed E-state index contributed by atoms with van der Waals surface area (Å²) in [6.07, 6.45) is 0. The van der Waals surface area contributed by atoms with E-state index >= 15 is 0 Å². The monoisotopic (exact) mass is 663 g/mol. The maximum absolute atomic E-state index is 10.9. The van der Waals surface area contributed by atoms with Gasteiger partial charge in [0.05, 0.1) is 33.5 Å². The third-order valence-corrected chi connectivity index (χ3v) is 9.97. The van der Waals surface area contributed by atoms with Gasteiger partial charge in [-0.3, -0.25) is 0 Å². The second-order valence-corrected chi connectivity index (χ2v) is 12.9. The Morgan fingerprint density at radius 3 is 1.62 bits per heavy atom. The van der Waals surface area contributed by atoms with E-state index in [0.717, 1.165) is 60.9 Å². The number of para-hydroxylation sites is 3. The first kappa shape index (κ1) is 29.6. The molecule has 0 radical (unpaired) electrons. The molecule has 5 nitrogen and oxygen atoms in total. The van der Waals surface area contributed by atoms with Crippen LogP contribution in [-0.4, -0.2) is 19.1 Å². The first-order chi connectivity index (χ1) is 25.8. The Bertz CT molecular complexity index is 2990. The molecule has 0 aliphatic rings. The summed E-state index contributed by atoms with van der Waals surface area (Å²) in [7, 11) is 0. The number of benzene rings is 7. The van der Waals surface area contributed by atoms with Crippen molar-refractivity contribution in [2.75, 3.05) is 0 Å². The Hall–Kier alpha value is -7.29. The van der Waals surface area contributed by atoms with E-state index in [2.05, 4.69) is 124 Å². The highest BCUT2D eigenvalue weighted by molar-refractivity contribution is 6.22. The minimum atomic E-state index is 0.443. The molecular formula is C47H29N5. The number of rotatable bonds is 5. The third-order valence-electron chi connectivity index (χ3n) is 9.97. The van der Waals surface area contributed by atoms with Gasteiger partial charge in [0, 0.05) is 49.6 Å². The van der Waals surface area contributed by atoms with E-state index in [1.807, 2.05) is 66.7 Å². The quantitative estimate of drug-likeness (QED) is 0.184. The fraction of sp³-hybridized carbons (Fsp3) is 0. The Morgan fingerprint density at radius 2 is 0.942 bits per heavy atom. The maximum Gasteiger partial charge on any atom is 0.160 e. The van der Waals surface area contributed by atoms with Crippen LogP contribution < -0.4 is 0 Å². The van der Waals surface area contributed by atoms with E-state index in [1.165, 1.54) is 10.8 Å². The zero-order chi connectivity index (χ0) is 34.6. The van der Waals surface area contributed by atoms with Crippen LogP contribution in [0.15, 0.2) is 176 Å². The second-order valence-electron chi connectivity index (χ2n) is 12.9. The summed E-state index contributed by atoms with van der Waals surface area (Å²) in [6, 6.07) is 63.1. The van der Waals surface area contributed by atoms with Crippen molar-refractivity contribution in [3.8, 4) is 51.3 Å². The van der Waals surface area contributed by atoms with Crippen molar-refractivity contribution in [2.45, 2.75) is 0 Å². The molecule has 0 bridgehead atoms. The van der Waals surface area contributed by atoms with Crippen LogP contribution in [0.4, 0.5) is 0 Å². The molecule has 10 rings (SSSR count). The number of nitrogens with zero attached hydrogens (tertiary/aromatic N) is 5. The summed E-state index contributed by atoms with van der Waals surface area (Å²) in [4.78, 5) is 10.3. The topological polar surface area (TPSA) is 59.4 Å². The summed E-state index contributed by atoms with van der Waals surface area (Å²) >= 11 is 0. The van der Waals surface area contributed by atoms with E-state index in [1.54, 1.807) is 0 Å². The lowest BCUT2D eigenvalue weighted by molar-refractivity contribution is 1.17. The largest absolute Gasteiger partial charge is 0.309 e. The van der Waals surface area contributed by atoms with Crippen molar-refractivity contribution in [3.63, 3.8) is 0 Å². The summed E-state index contributed by atoms with van der Waals surface area (Å²) < 4.78 is 4.69. The van der Waals surface area contributed by atoms with E-state index in [-0.39, 0.29) is 0 Å². The normalized spacial score (nSPS) is 11.4. The van der Waals surface area contributed by atoms with Gasteiger partial charge in [0.25, 0.3) is 0 Å². The Morgan fingerprint density at radius 1 is 0.423 bits per heavy atom. The molecule has 0 spiro atoms. The Kier molecular flexibility index (Phi) is 6.80. The molecule has 0 fully saturated rings. The standard InChI is InChI=1S/C47H29N5/c48-30-39-45(31-16-5-1-6-17-31)49-47(32-18-7-2-8-19-32)50-46(39)36-25-15-27-41-44(36)38-29-42-37(28-43(38)52(41)34-22-11-4-12-23-34)35-24-13-14-26-40(35)51(42)33-20-9-3-10-21-33/h1-29H. The molecule has 0 saturated heterocycles. The molecule has 0 N–H and O–H groups in total. The van der Waals surface area contributed by atoms with Crippen molar-refractivity contribution in [3.05, 3.63) is 181 Å². The predicted molar refractivity (Wildman–Crippen MR) is 212 cm³/mol. The number of nitriles is 1. The lowest BCUT2D eigenvalue weighted by Gasteiger charge is -2.13. The van der Waals surface area contributed by atoms with Gasteiger partial charge >= 0.3 is 0 Å². The molecule has 0 unspecified atom stereocenters. The number of hydrogen-bond acceptors (Lipinski definition) is 3. The first-order valence-corrected chi connectivity index (χ1v) is 17.3. The lowest BCUT2D eigenvalue weighted by Crippen LogP contribution is -2.01. The highest BCUT2D eigenvalue weighted by atomic mass is 15.0. The number of fused-ring (bicyclic) bond motifs is 6. The summed E-state index contributed by atoms with van der Waals surface area (Å²) in [5, 5.41) is 15.4.